The number of fused-ring (bicyclic) bond motifs is 6. The minimum absolute atomic E-state index is 0.00162. The van der Waals surface area contributed by atoms with Crippen LogP contribution in [0.25, 0.3) is 0 Å². The molecule has 6 rings (SSSR count). The summed E-state index contributed by atoms with van der Waals surface area (Å²) in [5, 5.41) is 30.4. The SMILES string of the molecule is O=C(Cc1ccc2c(c1)C(=O)OC21c2ccc(O)cc2Oc2cc(O)ccc21)CN1CCNCCNCCNCC1. The number of carbonyl (C=O) groups is 2. The molecular weight excluding hydrogens is 524 g/mol. The number of nitrogens with one attached hydrogen (secondary N) is 3. The average Bonchev–Trinajstić information content (AvgIpc) is 3.21. The van der Waals surface area contributed by atoms with E-state index in [1.54, 1.807) is 18.2 Å². The van der Waals surface area contributed by atoms with Gasteiger partial charge in [-0.25, -0.2) is 4.79 Å². The fourth-order valence-corrected chi connectivity index (χ4v) is 5.87. The highest BCUT2D eigenvalue weighted by Crippen LogP contribution is 2.57. The van der Waals surface area contributed by atoms with Gasteiger partial charge in [-0.3, -0.25) is 9.69 Å². The summed E-state index contributed by atoms with van der Waals surface area (Å²) >= 11 is 0. The van der Waals surface area contributed by atoms with Crippen molar-refractivity contribution in [3.05, 3.63) is 82.4 Å². The van der Waals surface area contributed by atoms with E-state index in [9.17, 15) is 19.8 Å². The van der Waals surface area contributed by atoms with Gasteiger partial charge in [0.05, 0.1) is 12.1 Å². The Balaban J connectivity index is 1.25. The summed E-state index contributed by atoms with van der Waals surface area (Å²) in [5.74, 6) is 0.226. The van der Waals surface area contributed by atoms with Crippen molar-refractivity contribution in [2.75, 3.05) is 58.9 Å². The number of hydrogen-bond acceptors (Lipinski definition) is 10. The molecule has 10 nitrogen and oxygen atoms in total. The third kappa shape index (κ3) is 5.39. The molecule has 1 spiro atoms. The molecule has 41 heavy (non-hydrogen) atoms. The van der Waals surface area contributed by atoms with Crippen molar-refractivity contribution in [3.63, 3.8) is 0 Å². The molecule has 214 valence electrons. The number of carbonyl (C=O) groups excluding carboxylic acids is 2. The number of esters is 1. The van der Waals surface area contributed by atoms with Gasteiger partial charge >= 0.3 is 5.97 Å². The van der Waals surface area contributed by atoms with Crippen molar-refractivity contribution in [2.24, 2.45) is 0 Å². The van der Waals surface area contributed by atoms with Crippen LogP contribution in [0.3, 0.4) is 0 Å². The topological polar surface area (TPSA) is 132 Å². The van der Waals surface area contributed by atoms with E-state index >= 15 is 0 Å². The highest BCUT2D eigenvalue weighted by atomic mass is 16.6. The van der Waals surface area contributed by atoms with Crippen LogP contribution in [-0.2, 0) is 21.6 Å². The Morgan fingerprint density at radius 1 is 0.780 bits per heavy atom. The molecule has 3 aromatic carbocycles. The van der Waals surface area contributed by atoms with Crippen LogP contribution in [-0.4, -0.2) is 85.8 Å². The normalized spacial score (nSPS) is 18.7. The Morgan fingerprint density at radius 2 is 1.34 bits per heavy atom. The summed E-state index contributed by atoms with van der Waals surface area (Å²) in [4.78, 5) is 28.7. The zero-order chi connectivity index (χ0) is 28.4. The number of ether oxygens (including phenoxy) is 2. The minimum atomic E-state index is -1.31. The molecule has 3 aliphatic rings. The first-order valence-electron chi connectivity index (χ1n) is 14.0. The quantitative estimate of drug-likeness (QED) is 0.302. The lowest BCUT2D eigenvalue weighted by Gasteiger charge is -2.36. The second kappa shape index (κ2) is 11.5. The Morgan fingerprint density at radius 3 is 1.95 bits per heavy atom. The van der Waals surface area contributed by atoms with Gasteiger partial charge in [0, 0.05) is 87.6 Å². The molecule has 0 aliphatic carbocycles. The molecule has 0 aromatic heterocycles. The predicted octanol–water partition coefficient (Wildman–Crippen LogP) is 1.86. The van der Waals surface area contributed by atoms with Crippen LogP contribution < -0.4 is 20.7 Å². The molecule has 0 atom stereocenters. The number of phenolic OH excluding ortho intramolecular Hbond substituents is 2. The zero-order valence-corrected chi connectivity index (χ0v) is 22.7. The lowest BCUT2D eigenvalue weighted by molar-refractivity contribution is -0.119. The van der Waals surface area contributed by atoms with Gasteiger partial charge in [-0.1, -0.05) is 12.1 Å². The van der Waals surface area contributed by atoms with Crippen LogP contribution in [0.15, 0.2) is 54.6 Å². The average molecular weight is 559 g/mol. The van der Waals surface area contributed by atoms with Gasteiger partial charge in [0.1, 0.15) is 23.0 Å². The molecule has 0 unspecified atom stereocenters. The molecule has 1 saturated heterocycles. The summed E-state index contributed by atoms with van der Waals surface area (Å²) in [6.07, 6.45) is 0.201. The van der Waals surface area contributed by atoms with Gasteiger partial charge in [-0.15, -0.1) is 0 Å². The molecule has 3 aromatic rings. The van der Waals surface area contributed by atoms with Gasteiger partial charge in [0.25, 0.3) is 0 Å². The van der Waals surface area contributed by atoms with Gasteiger partial charge < -0.3 is 35.6 Å². The molecule has 0 bridgehead atoms. The molecule has 1 fully saturated rings. The second-order valence-corrected chi connectivity index (χ2v) is 10.7. The summed E-state index contributed by atoms with van der Waals surface area (Å²) in [5.41, 5.74) is 1.56. The number of hydrogen-bond donors (Lipinski definition) is 5. The Hall–Kier alpha value is -3.96. The van der Waals surface area contributed by atoms with Crippen molar-refractivity contribution in [2.45, 2.75) is 12.0 Å². The molecule has 0 radical (unpaired) electrons. The van der Waals surface area contributed by atoms with Crippen LogP contribution in [0.2, 0.25) is 0 Å². The largest absolute Gasteiger partial charge is 0.508 e. The standard InChI is InChI=1S/C31H34N4O6/c36-21-2-5-26-28(17-21)40-29-18-22(37)3-6-27(29)31(26)25-4-1-20(16-24(25)30(39)41-31)15-23(38)19-35-13-11-33-9-7-32-8-10-34-12-14-35/h1-6,16-18,32-34,36-37H,7-15,19H2. The minimum Gasteiger partial charge on any atom is -0.508 e. The number of rotatable bonds is 4. The van der Waals surface area contributed by atoms with E-state index in [0.717, 1.165) is 57.9 Å². The number of nitrogens with zero attached hydrogens (tertiary/aromatic N) is 1. The summed E-state index contributed by atoms with van der Waals surface area (Å²) in [6.45, 7) is 7.11. The van der Waals surface area contributed by atoms with Crippen molar-refractivity contribution < 1.29 is 29.3 Å². The van der Waals surface area contributed by atoms with Gasteiger partial charge in [0.15, 0.2) is 11.4 Å². The van der Waals surface area contributed by atoms with Gasteiger partial charge in [0.2, 0.25) is 0 Å². The number of ketones is 1. The Kier molecular flexibility index (Phi) is 7.63. The molecule has 0 saturated carbocycles. The lowest BCUT2D eigenvalue weighted by atomic mass is 9.77. The van der Waals surface area contributed by atoms with E-state index in [-0.39, 0.29) is 23.7 Å². The van der Waals surface area contributed by atoms with Crippen molar-refractivity contribution >= 4 is 11.8 Å². The van der Waals surface area contributed by atoms with Crippen molar-refractivity contribution in [3.8, 4) is 23.0 Å². The van der Waals surface area contributed by atoms with E-state index in [0.29, 0.717) is 40.3 Å². The van der Waals surface area contributed by atoms with Crippen LogP contribution in [0.4, 0.5) is 0 Å². The Bertz CT molecular complexity index is 1410. The number of phenols is 2. The first-order chi connectivity index (χ1) is 19.9. The van der Waals surface area contributed by atoms with Gasteiger partial charge in [-0.05, 0) is 35.9 Å². The van der Waals surface area contributed by atoms with E-state index in [4.69, 9.17) is 9.47 Å². The van der Waals surface area contributed by atoms with Crippen molar-refractivity contribution in [1.29, 1.82) is 0 Å². The first-order valence-corrected chi connectivity index (χ1v) is 14.0. The van der Waals surface area contributed by atoms with Crippen LogP contribution >= 0.6 is 0 Å². The van der Waals surface area contributed by atoms with Crippen LogP contribution in [0.5, 0.6) is 23.0 Å². The summed E-state index contributed by atoms with van der Waals surface area (Å²) in [6, 6.07) is 14.8. The molecule has 3 heterocycles. The second-order valence-electron chi connectivity index (χ2n) is 10.7. The zero-order valence-electron chi connectivity index (χ0n) is 22.7. The first kappa shape index (κ1) is 27.2. The third-order valence-electron chi connectivity index (χ3n) is 7.81. The molecule has 10 heteroatoms. The Labute approximate surface area is 238 Å². The molecule has 0 amide bonds. The predicted molar refractivity (Wildman–Crippen MR) is 152 cm³/mol. The maximum Gasteiger partial charge on any atom is 0.340 e. The van der Waals surface area contributed by atoms with E-state index in [1.165, 1.54) is 24.3 Å². The summed E-state index contributed by atoms with van der Waals surface area (Å²) < 4.78 is 12.1. The molecule has 3 aliphatic heterocycles. The number of Topliss-reactive ketones (excluding diaryl/α,β-unsaturated/α-hetero) is 1. The summed E-state index contributed by atoms with van der Waals surface area (Å²) in [7, 11) is 0. The highest BCUT2D eigenvalue weighted by molar-refractivity contribution is 5.97. The third-order valence-corrected chi connectivity index (χ3v) is 7.81. The molecular formula is C31H34N4O6. The van der Waals surface area contributed by atoms with Gasteiger partial charge in [-0.2, -0.15) is 0 Å². The fraction of sp³-hybridized carbons (Fsp3) is 0.355. The maximum atomic E-state index is 13.4. The van der Waals surface area contributed by atoms with Crippen molar-refractivity contribution in [1.82, 2.24) is 20.9 Å². The fourth-order valence-electron chi connectivity index (χ4n) is 5.87. The molecule has 5 N–H and O–H groups in total. The van der Waals surface area contributed by atoms with Crippen LogP contribution in [0, 0.1) is 0 Å². The maximum absolute atomic E-state index is 13.4. The van der Waals surface area contributed by atoms with E-state index in [1.807, 2.05) is 12.1 Å². The highest BCUT2D eigenvalue weighted by Gasteiger charge is 2.53. The number of aromatic hydroxyl groups is 2. The van der Waals surface area contributed by atoms with E-state index < -0.39 is 11.6 Å². The smallest absolute Gasteiger partial charge is 0.340 e. The lowest BCUT2D eigenvalue weighted by Crippen LogP contribution is -2.43. The van der Waals surface area contributed by atoms with Crippen LogP contribution in [0.1, 0.15) is 32.6 Å². The van der Waals surface area contributed by atoms with E-state index in [2.05, 4.69) is 20.9 Å². The number of benzene rings is 3. The monoisotopic (exact) mass is 558 g/mol.